The lowest BCUT2D eigenvalue weighted by Crippen LogP contribution is -2.37. The Balaban J connectivity index is 1.10. The van der Waals surface area contributed by atoms with Crippen LogP contribution in [0.1, 0.15) is 29.7 Å². The maximum absolute atomic E-state index is 14.2. The van der Waals surface area contributed by atoms with Crippen LogP contribution in [0.5, 0.6) is 5.75 Å². The Morgan fingerprint density at radius 2 is 1.73 bits per heavy atom. The van der Waals surface area contributed by atoms with Crippen LogP contribution in [0.3, 0.4) is 0 Å². The van der Waals surface area contributed by atoms with Crippen LogP contribution in [0.15, 0.2) is 78.2 Å². The number of rotatable bonds is 11. The molecule has 0 radical (unpaired) electrons. The Hall–Kier alpha value is -4.57. The number of phenolic OH excluding ortho intramolecular Hbond substituents is 1. The Labute approximate surface area is 232 Å². The molecule has 0 bridgehead atoms. The normalized spacial score (nSPS) is 13.5. The predicted octanol–water partition coefficient (Wildman–Crippen LogP) is 5.31. The first-order valence-corrected chi connectivity index (χ1v) is 13.4. The number of unbranched alkanes of at least 4 members (excludes halogenated alkanes) is 1. The molecule has 0 aliphatic carbocycles. The molecule has 40 heavy (non-hydrogen) atoms. The van der Waals surface area contributed by atoms with Gasteiger partial charge in [0.15, 0.2) is 11.6 Å². The van der Waals surface area contributed by atoms with Crippen molar-refractivity contribution in [1.29, 1.82) is 0 Å². The molecule has 0 atom stereocenters. The van der Waals surface area contributed by atoms with Crippen LogP contribution in [-0.2, 0) is 17.6 Å². The molecule has 9 nitrogen and oxygen atoms in total. The average Bonchev–Trinajstić information content (AvgIpc) is 2.99. The number of morpholine rings is 1. The summed E-state index contributed by atoms with van der Waals surface area (Å²) in [5.41, 5.74) is 7.79. The van der Waals surface area contributed by atoms with Gasteiger partial charge < -0.3 is 20.1 Å². The summed E-state index contributed by atoms with van der Waals surface area (Å²) in [5, 5.41) is 17.0. The standard InChI is InChI=1S/C30H32FN7O2/c31-28-21-33-30(36-29(28)38-14-16-40-17-15-38)37-34-20-25-10-11-26(19-32-25)35-24-7-3-6-23(18-24)5-2-1-4-22-8-12-27(39)13-9-22/h3,6-13,18-21,35,39H,1-2,4-5,14-17H2,(H,33,36,37)/b34-20+. The zero-order valence-electron chi connectivity index (χ0n) is 22.1. The highest BCUT2D eigenvalue weighted by atomic mass is 19.1. The minimum absolute atomic E-state index is 0.206. The SMILES string of the molecule is Oc1ccc(CCCCc2cccc(Nc3ccc(/C=N/Nc4ncc(F)c(N5CCOCC5)n4)nc3)c2)cc1. The van der Waals surface area contributed by atoms with Gasteiger partial charge in [0, 0.05) is 18.8 Å². The number of anilines is 4. The first kappa shape index (κ1) is 27.0. The molecule has 5 rings (SSSR count). The lowest BCUT2D eigenvalue weighted by Gasteiger charge is -2.27. The van der Waals surface area contributed by atoms with E-state index in [1.54, 1.807) is 24.5 Å². The highest BCUT2D eigenvalue weighted by Gasteiger charge is 2.17. The second-order valence-corrected chi connectivity index (χ2v) is 9.51. The molecule has 2 aromatic carbocycles. The zero-order chi connectivity index (χ0) is 27.6. The Morgan fingerprint density at radius 1 is 0.925 bits per heavy atom. The summed E-state index contributed by atoms with van der Waals surface area (Å²) in [7, 11) is 0. The summed E-state index contributed by atoms with van der Waals surface area (Å²) >= 11 is 0. The predicted molar refractivity (Wildman–Crippen MR) is 155 cm³/mol. The molecule has 206 valence electrons. The van der Waals surface area contributed by atoms with Crippen molar-refractivity contribution in [1.82, 2.24) is 15.0 Å². The van der Waals surface area contributed by atoms with E-state index in [2.05, 4.69) is 49.0 Å². The Bertz CT molecular complexity index is 1410. The molecule has 0 amide bonds. The number of pyridine rings is 1. The number of aromatic hydroxyl groups is 1. The molecular formula is C30H32FN7O2. The molecule has 0 spiro atoms. The lowest BCUT2D eigenvalue weighted by molar-refractivity contribution is 0.122. The van der Waals surface area contributed by atoms with Crippen molar-refractivity contribution in [2.45, 2.75) is 25.7 Å². The Kier molecular flexibility index (Phi) is 9.10. The minimum atomic E-state index is -0.475. The van der Waals surface area contributed by atoms with Crippen molar-refractivity contribution in [3.63, 3.8) is 0 Å². The van der Waals surface area contributed by atoms with Crippen LogP contribution in [0, 0.1) is 5.82 Å². The second kappa shape index (κ2) is 13.5. The summed E-state index contributed by atoms with van der Waals surface area (Å²) in [4.78, 5) is 14.5. The van der Waals surface area contributed by atoms with Gasteiger partial charge in [-0.25, -0.2) is 14.8 Å². The summed E-state index contributed by atoms with van der Waals surface area (Å²) in [5.74, 6) is 0.274. The highest BCUT2D eigenvalue weighted by Crippen LogP contribution is 2.20. The summed E-state index contributed by atoms with van der Waals surface area (Å²) in [6, 6.07) is 19.6. The molecule has 1 fully saturated rings. The van der Waals surface area contributed by atoms with Gasteiger partial charge in [0.1, 0.15) is 5.75 Å². The highest BCUT2D eigenvalue weighted by molar-refractivity contribution is 5.78. The molecule has 1 aliphatic rings. The van der Waals surface area contributed by atoms with Crippen molar-refractivity contribution in [2.75, 3.05) is 41.9 Å². The largest absolute Gasteiger partial charge is 0.508 e. The van der Waals surface area contributed by atoms with Gasteiger partial charge in [0.05, 0.1) is 43.2 Å². The second-order valence-electron chi connectivity index (χ2n) is 9.51. The van der Waals surface area contributed by atoms with Crippen LogP contribution in [0.25, 0.3) is 0 Å². The van der Waals surface area contributed by atoms with E-state index >= 15 is 0 Å². The van der Waals surface area contributed by atoms with Gasteiger partial charge >= 0.3 is 0 Å². The fourth-order valence-electron chi connectivity index (χ4n) is 4.41. The van der Waals surface area contributed by atoms with Gasteiger partial charge in [-0.3, -0.25) is 4.98 Å². The molecular weight excluding hydrogens is 509 g/mol. The van der Waals surface area contributed by atoms with E-state index in [0.717, 1.165) is 43.3 Å². The van der Waals surface area contributed by atoms with Gasteiger partial charge in [-0.2, -0.15) is 10.1 Å². The third-order valence-electron chi connectivity index (χ3n) is 6.52. The number of hydrogen-bond donors (Lipinski definition) is 3. The quantitative estimate of drug-likeness (QED) is 0.133. The van der Waals surface area contributed by atoms with Crippen LogP contribution in [-0.4, -0.2) is 52.6 Å². The first-order valence-electron chi connectivity index (χ1n) is 13.4. The molecule has 1 aliphatic heterocycles. The van der Waals surface area contributed by atoms with E-state index in [1.165, 1.54) is 11.1 Å². The number of phenols is 1. The number of aryl methyl sites for hydroxylation is 2. The minimum Gasteiger partial charge on any atom is -0.508 e. The number of hydrogen-bond acceptors (Lipinski definition) is 9. The average molecular weight is 542 g/mol. The molecule has 3 N–H and O–H groups in total. The number of hydrazone groups is 1. The fraction of sp³-hybridized carbons (Fsp3) is 0.267. The van der Waals surface area contributed by atoms with E-state index in [1.807, 2.05) is 35.2 Å². The van der Waals surface area contributed by atoms with Crippen molar-refractivity contribution in [3.05, 3.63) is 95.7 Å². The van der Waals surface area contributed by atoms with Gasteiger partial charge in [-0.15, -0.1) is 0 Å². The van der Waals surface area contributed by atoms with Gasteiger partial charge in [0.2, 0.25) is 5.95 Å². The monoisotopic (exact) mass is 541 g/mol. The van der Waals surface area contributed by atoms with Crippen molar-refractivity contribution in [2.24, 2.45) is 5.10 Å². The topological polar surface area (TPSA) is 108 Å². The van der Waals surface area contributed by atoms with E-state index in [9.17, 15) is 9.50 Å². The maximum atomic E-state index is 14.2. The van der Waals surface area contributed by atoms with Crippen molar-refractivity contribution in [3.8, 4) is 5.75 Å². The molecule has 2 aromatic heterocycles. The van der Waals surface area contributed by atoms with Gasteiger partial charge in [-0.05, 0) is 73.2 Å². The summed E-state index contributed by atoms with van der Waals surface area (Å²) < 4.78 is 19.5. The number of nitrogens with zero attached hydrogens (tertiary/aromatic N) is 5. The maximum Gasteiger partial charge on any atom is 0.245 e. The lowest BCUT2D eigenvalue weighted by atomic mass is 10.0. The fourth-order valence-corrected chi connectivity index (χ4v) is 4.41. The van der Waals surface area contributed by atoms with Gasteiger partial charge in [0.25, 0.3) is 0 Å². The van der Waals surface area contributed by atoms with Crippen molar-refractivity contribution >= 4 is 29.4 Å². The van der Waals surface area contributed by atoms with Crippen LogP contribution >= 0.6 is 0 Å². The molecule has 10 heteroatoms. The van der Waals surface area contributed by atoms with Crippen LogP contribution in [0.4, 0.5) is 27.5 Å². The Morgan fingerprint density at radius 3 is 2.50 bits per heavy atom. The van der Waals surface area contributed by atoms with Crippen LogP contribution < -0.4 is 15.6 Å². The third-order valence-corrected chi connectivity index (χ3v) is 6.52. The van der Waals surface area contributed by atoms with Gasteiger partial charge in [-0.1, -0.05) is 24.3 Å². The van der Waals surface area contributed by atoms with Crippen molar-refractivity contribution < 1.29 is 14.2 Å². The van der Waals surface area contributed by atoms with Crippen LogP contribution in [0.2, 0.25) is 0 Å². The molecule has 3 heterocycles. The molecule has 1 saturated heterocycles. The number of benzene rings is 2. The molecule has 0 unspecified atom stereocenters. The molecule has 0 saturated carbocycles. The third kappa shape index (κ3) is 7.73. The number of ether oxygens (including phenoxy) is 1. The molecule has 4 aromatic rings. The smallest absolute Gasteiger partial charge is 0.245 e. The summed E-state index contributed by atoms with van der Waals surface area (Å²) in [6.07, 6.45) is 8.63. The number of nitrogens with one attached hydrogen (secondary N) is 2. The van der Waals surface area contributed by atoms with E-state index in [4.69, 9.17) is 4.74 Å². The van der Waals surface area contributed by atoms with E-state index in [0.29, 0.717) is 37.7 Å². The van der Waals surface area contributed by atoms with E-state index < -0.39 is 5.82 Å². The van der Waals surface area contributed by atoms with E-state index in [-0.39, 0.29) is 11.8 Å². The zero-order valence-corrected chi connectivity index (χ0v) is 22.1. The number of halogens is 1. The first-order chi connectivity index (χ1) is 19.6. The summed E-state index contributed by atoms with van der Waals surface area (Å²) in [6.45, 7) is 2.23. The number of aromatic nitrogens is 3.